The third kappa shape index (κ3) is 15.8. The Hall–Kier alpha value is -0.160. The Labute approximate surface area is 118 Å². The van der Waals surface area contributed by atoms with E-state index >= 15 is 0 Å². The van der Waals surface area contributed by atoms with E-state index in [2.05, 4.69) is 13.8 Å². The van der Waals surface area contributed by atoms with Gasteiger partial charge in [0.25, 0.3) is 0 Å². The van der Waals surface area contributed by atoms with Crippen molar-refractivity contribution >= 4 is 0 Å². The highest BCUT2D eigenvalue weighted by atomic mass is 16.5. The average molecular weight is 276 g/mol. The summed E-state index contributed by atoms with van der Waals surface area (Å²) >= 11 is 0. The number of hydrogen-bond acceptors (Lipinski definition) is 4. The molecular weight excluding hydrogens is 244 g/mol. The maximum Gasteiger partial charge on any atom is 0.0701 e. The fourth-order valence-corrected chi connectivity index (χ4v) is 1.79. The van der Waals surface area contributed by atoms with E-state index in [1.165, 1.54) is 32.1 Å². The first-order valence-corrected chi connectivity index (χ1v) is 7.65. The van der Waals surface area contributed by atoms with Gasteiger partial charge < -0.3 is 19.3 Å². The first kappa shape index (κ1) is 18.8. The Balaban J connectivity index is 3.07. The van der Waals surface area contributed by atoms with E-state index < -0.39 is 0 Å². The number of rotatable bonds is 15. The van der Waals surface area contributed by atoms with Crippen LogP contribution >= 0.6 is 0 Å². The van der Waals surface area contributed by atoms with E-state index in [0.717, 1.165) is 6.61 Å². The van der Waals surface area contributed by atoms with Gasteiger partial charge in [-0.1, -0.05) is 39.5 Å². The van der Waals surface area contributed by atoms with Crippen LogP contribution in [0.15, 0.2) is 0 Å². The molecule has 0 spiro atoms. The summed E-state index contributed by atoms with van der Waals surface area (Å²) in [7, 11) is 0. The highest BCUT2D eigenvalue weighted by molar-refractivity contribution is 4.52. The molecule has 0 aliphatic heterocycles. The summed E-state index contributed by atoms with van der Waals surface area (Å²) in [6, 6.07) is 0. The van der Waals surface area contributed by atoms with Gasteiger partial charge in [0.05, 0.1) is 39.6 Å². The average Bonchev–Trinajstić information content (AvgIpc) is 2.42. The third-order valence-corrected chi connectivity index (χ3v) is 2.93. The normalized spacial score (nSPS) is 12.8. The van der Waals surface area contributed by atoms with Crippen LogP contribution in [0.4, 0.5) is 0 Å². The Morgan fingerprint density at radius 3 is 2.11 bits per heavy atom. The molecule has 0 saturated carbocycles. The van der Waals surface area contributed by atoms with Crippen molar-refractivity contribution in [3.05, 3.63) is 0 Å². The zero-order valence-electron chi connectivity index (χ0n) is 12.7. The topological polar surface area (TPSA) is 47.9 Å². The van der Waals surface area contributed by atoms with Gasteiger partial charge in [-0.3, -0.25) is 0 Å². The highest BCUT2D eigenvalue weighted by Crippen LogP contribution is 2.10. The molecule has 0 aromatic heterocycles. The molecule has 0 aliphatic rings. The maximum atomic E-state index is 8.50. The Bertz CT molecular complexity index is 164. The highest BCUT2D eigenvalue weighted by Gasteiger charge is 2.01. The fraction of sp³-hybridized carbons (Fsp3) is 1.00. The zero-order chi connectivity index (χ0) is 14.2. The van der Waals surface area contributed by atoms with Gasteiger partial charge >= 0.3 is 0 Å². The molecule has 1 unspecified atom stereocenters. The van der Waals surface area contributed by atoms with Crippen molar-refractivity contribution in [2.75, 3.05) is 46.2 Å². The van der Waals surface area contributed by atoms with Crippen LogP contribution in [0.3, 0.4) is 0 Å². The number of aliphatic hydroxyl groups excluding tert-OH is 1. The van der Waals surface area contributed by atoms with Crippen LogP contribution < -0.4 is 0 Å². The van der Waals surface area contributed by atoms with E-state index in [1.54, 1.807) is 0 Å². The Morgan fingerprint density at radius 2 is 1.47 bits per heavy atom. The van der Waals surface area contributed by atoms with Gasteiger partial charge in [-0.25, -0.2) is 0 Å². The van der Waals surface area contributed by atoms with E-state index in [9.17, 15) is 0 Å². The van der Waals surface area contributed by atoms with Crippen LogP contribution in [-0.4, -0.2) is 51.4 Å². The van der Waals surface area contributed by atoms with E-state index in [-0.39, 0.29) is 6.61 Å². The van der Waals surface area contributed by atoms with Gasteiger partial charge in [-0.2, -0.15) is 0 Å². The van der Waals surface area contributed by atoms with Crippen molar-refractivity contribution in [1.82, 2.24) is 0 Å². The number of hydrogen-bond donors (Lipinski definition) is 1. The summed E-state index contributed by atoms with van der Waals surface area (Å²) in [5.74, 6) is 0.643. The van der Waals surface area contributed by atoms with Crippen molar-refractivity contribution in [1.29, 1.82) is 0 Å². The molecule has 0 radical (unpaired) electrons. The third-order valence-electron chi connectivity index (χ3n) is 2.93. The minimum atomic E-state index is 0.0687. The summed E-state index contributed by atoms with van der Waals surface area (Å²) in [5.41, 5.74) is 0. The minimum Gasteiger partial charge on any atom is -0.394 e. The second-order valence-corrected chi connectivity index (χ2v) is 4.98. The molecule has 0 amide bonds. The molecule has 0 aromatic carbocycles. The fourth-order valence-electron chi connectivity index (χ4n) is 1.79. The second-order valence-electron chi connectivity index (χ2n) is 4.98. The summed E-state index contributed by atoms with van der Waals surface area (Å²) in [5, 5.41) is 8.50. The monoisotopic (exact) mass is 276 g/mol. The van der Waals surface area contributed by atoms with Crippen molar-refractivity contribution in [3.8, 4) is 0 Å². The van der Waals surface area contributed by atoms with Crippen molar-refractivity contribution in [3.63, 3.8) is 0 Å². The Morgan fingerprint density at radius 1 is 0.842 bits per heavy atom. The van der Waals surface area contributed by atoms with Crippen molar-refractivity contribution in [2.24, 2.45) is 5.92 Å². The molecule has 4 heteroatoms. The van der Waals surface area contributed by atoms with Crippen molar-refractivity contribution < 1.29 is 19.3 Å². The molecule has 0 saturated heterocycles. The molecule has 116 valence electrons. The van der Waals surface area contributed by atoms with Gasteiger partial charge in [0.1, 0.15) is 0 Å². The summed E-state index contributed by atoms with van der Waals surface area (Å²) in [4.78, 5) is 0. The summed E-state index contributed by atoms with van der Waals surface area (Å²) in [6.45, 7) is 8.14. The molecule has 0 rings (SSSR count). The van der Waals surface area contributed by atoms with Crippen LogP contribution in [0.5, 0.6) is 0 Å². The van der Waals surface area contributed by atoms with Gasteiger partial charge in [0.2, 0.25) is 0 Å². The van der Waals surface area contributed by atoms with Gasteiger partial charge in [-0.05, 0) is 12.3 Å². The predicted octanol–water partition coefficient (Wildman–Crippen LogP) is 2.64. The van der Waals surface area contributed by atoms with Crippen LogP contribution in [0, 0.1) is 5.92 Å². The molecule has 19 heavy (non-hydrogen) atoms. The first-order chi connectivity index (χ1) is 9.31. The van der Waals surface area contributed by atoms with Gasteiger partial charge in [0.15, 0.2) is 0 Å². The standard InChI is InChI=1S/C15H32O4/c1-3-4-5-6-7-15(2)14-19-13-12-18-11-10-17-9-8-16/h15-16H,3-14H2,1-2H3. The number of unbranched alkanes of at least 4 members (excludes halogenated alkanes) is 3. The SMILES string of the molecule is CCCCCCC(C)COCCOCCOCCO. The first-order valence-electron chi connectivity index (χ1n) is 7.65. The van der Waals surface area contributed by atoms with E-state index in [1.807, 2.05) is 0 Å². The van der Waals surface area contributed by atoms with E-state index in [0.29, 0.717) is 39.0 Å². The predicted molar refractivity (Wildman–Crippen MR) is 77.5 cm³/mol. The lowest BCUT2D eigenvalue weighted by atomic mass is 10.0. The van der Waals surface area contributed by atoms with Crippen LogP contribution in [0.25, 0.3) is 0 Å². The molecule has 0 fully saturated rings. The van der Waals surface area contributed by atoms with Crippen molar-refractivity contribution in [2.45, 2.75) is 46.0 Å². The number of aliphatic hydroxyl groups is 1. The lowest BCUT2D eigenvalue weighted by Gasteiger charge is -2.12. The minimum absolute atomic E-state index is 0.0687. The molecule has 0 aromatic rings. The molecule has 0 bridgehead atoms. The van der Waals surface area contributed by atoms with Gasteiger partial charge in [0, 0.05) is 6.61 Å². The van der Waals surface area contributed by atoms with Crippen LogP contribution in [0.1, 0.15) is 46.0 Å². The quantitative estimate of drug-likeness (QED) is 0.467. The van der Waals surface area contributed by atoms with Gasteiger partial charge in [-0.15, -0.1) is 0 Å². The molecular formula is C15H32O4. The lowest BCUT2D eigenvalue weighted by molar-refractivity contribution is 0.00227. The molecule has 0 heterocycles. The maximum absolute atomic E-state index is 8.50. The lowest BCUT2D eigenvalue weighted by Crippen LogP contribution is -2.13. The van der Waals surface area contributed by atoms with Crippen LogP contribution in [0.2, 0.25) is 0 Å². The summed E-state index contributed by atoms with van der Waals surface area (Å²) < 4.78 is 16.0. The molecule has 0 aliphatic carbocycles. The summed E-state index contributed by atoms with van der Waals surface area (Å²) in [6.07, 6.45) is 6.56. The molecule has 1 atom stereocenters. The second kappa shape index (κ2) is 15.9. The molecule has 1 N–H and O–H groups in total. The zero-order valence-corrected chi connectivity index (χ0v) is 12.7. The van der Waals surface area contributed by atoms with Crippen LogP contribution in [-0.2, 0) is 14.2 Å². The molecule has 4 nitrogen and oxygen atoms in total. The smallest absolute Gasteiger partial charge is 0.0701 e. The van der Waals surface area contributed by atoms with E-state index in [4.69, 9.17) is 19.3 Å². The number of ether oxygens (including phenoxy) is 3. The largest absolute Gasteiger partial charge is 0.394 e. The Kier molecular flexibility index (Phi) is 15.8.